The van der Waals surface area contributed by atoms with Crippen LogP contribution in [0.25, 0.3) is 0 Å². The molecule has 4 rings (SSSR count). The van der Waals surface area contributed by atoms with Crippen molar-refractivity contribution in [3.05, 3.63) is 58.0 Å². The molecule has 0 bridgehead atoms. The van der Waals surface area contributed by atoms with Crippen LogP contribution in [0.15, 0.2) is 41.8 Å². The summed E-state index contributed by atoms with van der Waals surface area (Å²) in [6.07, 6.45) is 1.88. The van der Waals surface area contributed by atoms with Crippen molar-refractivity contribution >= 4 is 34.9 Å². The highest BCUT2D eigenvalue weighted by atomic mass is 32.2. The van der Waals surface area contributed by atoms with Gasteiger partial charge in [0.25, 0.3) is 5.91 Å². The monoisotopic (exact) mass is 404 g/mol. The number of piperidine rings is 1. The molecule has 27 heavy (non-hydrogen) atoms. The number of halogens is 1. The van der Waals surface area contributed by atoms with Gasteiger partial charge >= 0.3 is 0 Å². The number of hydrogen-bond donors (Lipinski definition) is 0. The molecular formula is C20H21FN2O2S2. The topological polar surface area (TPSA) is 40.6 Å². The third-order valence-corrected chi connectivity index (χ3v) is 7.73. The molecule has 1 aromatic carbocycles. The Labute approximate surface area is 166 Å². The summed E-state index contributed by atoms with van der Waals surface area (Å²) in [4.78, 5) is 30.0. The number of thiophene rings is 1. The van der Waals surface area contributed by atoms with Gasteiger partial charge in [-0.15, -0.1) is 23.1 Å². The first kappa shape index (κ1) is 18.5. The van der Waals surface area contributed by atoms with Crippen molar-refractivity contribution in [2.75, 3.05) is 25.4 Å². The van der Waals surface area contributed by atoms with Crippen LogP contribution in [0.3, 0.4) is 0 Å². The van der Waals surface area contributed by atoms with Gasteiger partial charge in [0.1, 0.15) is 5.82 Å². The van der Waals surface area contributed by atoms with E-state index in [1.807, 2.05) is 39.1 Å². The molecule has 7 heteroatoms. The van der Waals surface area contributed by atoms with Crippen molar-refractivity contribution in [1.82, 2.24) is 9.80 Å². The van der Waals surface area contributed by atoms with Gasteiger partial charge in [0, 0.05) is 25.4 Å². The van der Waals surface area contributed by atoms with Crippen LogP contribution in [0.2, 0.25) is 0 Å². The molecule has 0 N–H and O–H groups in total. The molecule has 0 atom stereocenters. The molecule has 3 heterocycles. The minimum Gasteiger partial charge on any atom is -0.342 e. The highest BCUT2D eigenvalue weighted by Gasteiger charge is 2.47. The largest absolute Gasteiger partial charge is 0.342 e. The Hall–Kier alpha value is -1.86. The maximum Gasteiger partial charge on any atom is 0.265 e. The van der Waals surface area contributed by atoms with Crippen LogP contribution in [-0.2, 0) is 11.2 Å². The van der Waals surface area contributed by atoms with Gasteiger partial charge < -0.3 is 9.80 Å². The highest BCUT2D eigenvalue weighted by Crippen LogP contribution is 2.44. The van der Waals surface area contributed by atoms with Crippen molar-refractivity contribution in [2.45, 2.75) is 24.1 Å². The number of nitrogens with zero attached hydrogens (tertiary/aromatic N) is 2. The highest BCUT2D eigenvalue weighted by molar-refractivity contribution is 8.00. The third kappa shape index (κ3) is 3.75. The normalized spacial score (nSPS) is 18.9. The second-order valence-corrected chi connectivity index (χ2v) is 9.32. The average molecular weight is 405 g/mol. The van der Waals surface area contributed by atoms with E-state index in [0.717, 1.165) is 35.6 Å². The van der Waals surface area contributed by atoms with Gasteiger partial charge in [0.15, 0.2) is 0 Å². The van der Waals surface area contributed by atoms with Crippen LogP contribution >= 0.6 is 23.1 Å². The van der Waals surface area contributed by atoms with Crippen molar-refractivity contribution in [3.63, 3.8) is 0 Å². The number of likely N-dealkylation sites (tertiary alicyclic amines) is 1. The number of benzene rings is 1. The maximum atomic E-state index is 13.0. The number of amides is 2. The minimum atomic E-state index is -0.292. The van der Waals surface area contributed by atoms with Crippen molar-refractivity contribution < 1.29 is 14.0 Å². The smallest absolute Gasteiger partial charge is 0.265 e. The summed E-state index contributed by atoms with van der Waals surface area (Å²) < 4.78 is 13.0. The summed E-state index contributed by atoms with van der Waals surface area (Å²) in [5.74, 6) is 0.831. The first-order valence-electron chi connectivity index (χ1n) is 9.09. The van der Waals surface area contributed by atoms with E-state index in [9.17, 15) is 14.0 Å². The van der Waals surface area contributed by atoms with Crippen LogP contribution in [0.4, 0.5) is 4.39 Å². The fourth-order valence-corrected chi connectivity index (χ4v) is 5.96. The van der Waals surface area contributed by atoms with Gasteiger partial charge in [0.2, 0.25) is 5.91 Å². The predicted molar refractivity (Wildman–Crippen MR) is 106 cm³/mol. The molecule has 0 unspecified atom stereocenters. The molecule has 2 aliphatic rings. The summed E-state index contributed by atoms with van der Waals surface area (Å²) in [5.41, 5.74) is 0.825. The van der Waals surface area contributed by atoms with E-state index in [0.29, 0.717) is 13.1 Å². The second-order valence-electron chi connectivity index (χ2n) is 6.91. The van der Waals surface area contributed by atoms with Crippen LogP contribution < -0.4 is 0 Å². The van der Waals surface area contributed by atoms with Gasteiger partial charge in [0.05, 0.1) is 16.2 Å². The number of hydrogen-bond acceptors (Lipinski definition) is 4. The van der Waals surface area contributed by atoms with Crippen molar-refractivity contribution in [1.29, 1.82) is 0 Å². The fraction of sp³-hybridized carbons (Fsp3) is 0.400. The number of carbonyl (C=O) groups is 2. The summed E-state index contributed by atoms with van der Waals surface area (Å²) in [6, 6.07) is 9.88. The average Bonchev–Trinajstić information content (AvgIpc) is 3.34. The molecule has 2 saturated heterocycles. The second kappa shape index (κ2) is 7.64. The van der Waals surface area contributed by atoms with E-state index >= 15 is 0 Å². The van der Waals surface area contributed by atoms with Crippen molar-refractivity contribution in [3.8, 4) is 0 Å². The molecule has 4 nitrogen and oxygen atoms in total. The van der Waals surface area contributed by atoms with Gasteiger partial charge in [-0.2, -0.15) is 0 Å². The Bertz CT molecular complexity index is 815. The van der Waals surface area contributed by atoms with Gasteiger partial charge in [-0.3, -0.25) is 9.59 Å². The molecule has 0 radical (unpaired) electrons. The summed E-state index contributed by atoms with van der Waals surface area (Å²) >= 11 is 3.33. The van der Waals surface area contributed by atoms with Gasteiger partial charge in [-0.25, -0.2) is 4.39 Å². The van der Waals surface area contributed by atoms with Crippen LogP contribution in [0.1, 0.15) is 28.1 Å². The van der Waals surface area contributed by atoms with E-state index in [1.54, 1.807) is 12.1 Å². The van der Waals surface area contributed by atoms with Crippen LogP contribution in [0, 0.1) is 5.82 Å². The third-order valence-electron chi connectivity index (χ3n) is 5.32. The Kier molecular flexibility index (Phi) is 5.23. The Balaban J connectivity index is 1.39. The minimum absolute atomic E-state index is 0.0654. The molecule has 2 fully saturated rings. The zero-order valence-corrected chi connectivity index (χ0v) is 16.5. The van der Waals surface area contributed by atoms with Crippen LogP contribution in [-0.4, -0.2) is 51.9 Å². The molecule has 1 aromatic heterocycles. The lowest BCUT2D eigenvalue weighted by atomic mass is 10.0. The van der Waals surface area contributed by atoms with E-state index < -0.39 is 0 Å². The molecule has 1 spiro atoms. The molecule has 142 valence electrons. The molecule has 0 aliphatic carbocycles. The summed E-state index contributed by atoms with van der Waals surface area (Å²) in [6.45, 7) is 2.08. The molecule has 2 aliphatic heterocycles. The lowest BCUT2D eigenvalue weighted by molar-refractivity contribution is -0.132. The molecule has 2 aromatic rings. The number of thioether (sulfide) groups is 1. The lowest BCUT2D eigenvalue weighted by Crippen LogP contribution is -2.53. The Morgan fingerprint density at radius 1 is 1.07 bits per heavy atom. The maximum absolute atomic E-state index is 13.0. The van der Waals surface area contributed by atoms with E-state index in [4.69, 9.17) is 0 Å². The lowest BCUT2D eigenvalue weighted by Gasteiger charge is -2.44. The first-order valence-corrected chi connectivity index (χ1v) is 11.0. The Morgan fingerprint density at radius 3 is 2.48 bits per heavy atom. The van der Waals surface area contributed by atoms with Crippen LogP contribution in [0.5, 0.6) is 0 Å². The predicted octanol–water partition coefficient (Wildman–Crippen LogP) is 3.64. The van der Waals surface area contributed by atoms with Gasteiger partial charge in [-0.1, -0.05) is 18.2 Å². The zero-order chi connectivity index (χ0) is 18.9. The number of carbonyl (C=O) groups excluding carboxylic acids is 2. The quantitative estimate of drug-likeness (QED) is 0.784. The standard InChI is InChI=1S/C20H21FN2O2S2/c21-16-5-3-15(4-6-16)14-18(24)22-9-7-20(8-10-22)23(11-13-27-20)19(25)17-2-1-12-26-17/h1-6,12H,7-11,13-14H2. The zero-order valence-electron chi connectivity index (χ0n) is 14.9. The molecule has 2 amide bonds. The Morgan fingerprint density at radius 2 is 1.81 bits per heavy atom. The fourth-order valence-electron chi connectivity index (χ4n) is 3.84. The number of rotatable bonds is 3. The van der Waals surface area contributed by atoms with Crippen molar-refractivity contribution in [2.24, 2.45) is 0 Å². The summed E-state index contributed by atoms with van der Waals surface area (Å²) in [7, 11) is 0. The van der Waals surface area contributed by atoms with E-state index in [-0.39, 0.29) is 28.9 Å². The summed E-state index contributed by atoms with van der Waals surface area (Å²) in [5, 5.41) is 1.93. The molecular weight excluding hydrogens is 383 g/mol. The van der Waals surface area contributed by atoms with E-state index in [2.05, 4.69) is 0 Å². The van der Waals surface area contributed by atoms with E-state index in [1.165, 1.54) is 23.5 Å². The molecule has 0 saturated carbocycles. The first-order chi connectivity index (χ1) is 13.1. The van der Waals surface area contributed by atoms with Gasteiger partial charge in [-0.05, 0) is 42.0 Å². The SMILES string of the molecule is O=C(Cc1ccc(F)cc1)N1CCC2(CC1)SCCN2C(=O)c1cccs1.